The monoisotopic (exact) mass is 282 g/mol. The van der Waals surface area contributed by atoms with Gasteiger partial charge in [0, 0.05) is 12.2 Å². The van der Waals surface area contributed by atoms with E-state index in [1.807, 2.05) is 31.2 Å². The molecule has 0 spiro atoms. The van der Waals surface area contributed by atoms with Gasteiger partial charge >= 0.3 is 0 Å². The van der Waals surface area contributed by atoms with Gasteiger partial charge in [-0.1, -0.05) is 19.1 Å². The van der Waals surface area contributed by atoms with Crippen LogP contribution in [0, 0.1) is 0 Å². The zero-order valence-corrected chi connectivity index (χ0v) is 12.0. The molecule has 0 unspecified atom stereocenters. The van der Waals surface area contributed by atoms with E-state index >= 15 is 0 Å². The standard InChI is InChI=1S/C15H22O5/c1-3-8-18-14-10-19-15(20-13(14)9-16)11-4-6-12(17-2)7-5-11/h4-7,13-16H,3,8-10H2,1-2H3/t13-,14-,15-/m1/s1. The van der Waals surface area contributed by atoms with Gasteiger partial charge in [-0.05, 0) is 18.6 Å². The van der Waals surface area contributed by atoms with Crippen LogP contribution in [0.1, 0.15) is 25.2 Å². The van der Waals surface area contributed by atoms with Crippen LogP contribution in [-0.4, -0.2) is 44.2 Å². The normalized spacial score (nSPS) is 26.4. The van der Waals surface area contributed by atoms with Crippen LogP contribution < -0.4 is 4.74 Å². The largest absolute Gasteiger partial charge is 0.497 e. The van der Waals surface area contributed by atoms with Crippen molar-refractivity contribution in [3.8, 4) is 5.75 Å². The van der Waals surface area contributed by atoms with E-state index in [1.165, 1.54) is 0 Å². The van der Waals surface area contributed by atoms with Crippen LogP contribution in [0.5, 0.6) is 5.75 Å². The lowest BCUT2D eigenvalue weighted by molar-refractivity contribution is -0.271. The van der Waals surface area contributed by atoms with Crippen molar-refractivity contribution < 1.29 is 24.1 Å². The van der Waals surface area contributed by atoms with Crippen LogP contribution in [0.3, 0.4) is 0 Å². The Kier molecular flexibility index (Phi) is 5.79. The Bertz CT molecular complexity index is 392. The molecule has 20 heavy (non-hydrogen) atoms. The maximum Gasteiger partial charge on any atom is 0.184 e. The van der Waals surface area contributed by atoms with Crippen molar-refractivity contribution >= 4 is 0 Å². The summed E-state index contributed by atoms with van der Waals surface area (Å²) in [5.74, 6) is 0.785. The van der Waals surface area contributed by atoms with Crippen LogP contribution in [0.4, 0.5) is 0 Å². The molecule has 1 aliphatic heterocycles. The summed E-state index contributed by atoms with van der Waals surface area (Å²) in [7, 11) is 1.63. The molecule has 0 amide bonds. The molecule has 5 heteroatoms. The summed E-state index contributed by atoms with van der Waals surface area (Å²) in [5.41, 5.74) is 0.901. The van der Waals surface area contributed by atoms with Gasteiger partial charge in [0.25, 0.3) is 0 Å². The lowest BCUT2D eigenvalue weighted by Gasteiger charge is -2.35. The van der Waals surface area contributed by atoms with Gasteiger partial charge < -0.3 is 24.1 Å². The van der Waals surface area contributed by atoms with Crippen LogP contribution >= 0.6 is 0 Å². The molecule has 3 atom stereocenters. The third kappa shape index (κ3) is 3.70. The molecule has 0 saturated carbocycles. The lowest BCUT2D eigenvalue weighted by Crippen LogP contribution is -2.44. The Morgan fingerprint density at radius 2 is 2.05 bits per heavy atom. The van der Waals surface area contributed by atoms with Crippen LogP contribution in [0.2, 0.25) is 0 Å². The van der Waals surface area contributed by atoms with Gasteiger partial charge in [0.2, 0.25) is 0 Å². The average molecular weight is 282 g/mol. The maximum absolute atomic E-state index is 9.43. The van der Waals surface area contributed by atoms with Gasteiger partial charge in [0.05, 0.1) is 20.3 Å². The Morgan fingerprint density at radius 3 is 2.65 bits per heavy atom. The zero-order chi connectivity index (χ0) is 14.4. The molecule has 0 aliphatic carbocycles. The van der Waals surface area contributed by atoms with Crippen LogP contribution in [-0.2, 0) is 14.2 Å². The molecule has 1 N–H and O–H groups in total. The third-order valence-electron chi connectivity index (χ3n) is 3.23. The molecule has 2 rings (SSSR count). The van der Waals surface area contributed by atoms with E-state index in [-0.39, 0.29) is 18.8 Å². The van der Waals surface area contributed by atoms with Crippen molar-refractivity contribution in [2.45, 2.75) is 31.8 Å². The highest BCUT2D eigenvalue weighted by Gasteiger charge is 2.32. The summed E-state index contributed by atoms with van der Waals surface area (Å²) in [4.78, 5) is 0. The minimum atomic E-state index is -0.473. The van der Waals surface area contributed by atoms with Gasteiger partial charge in [-0.15, -0.1) is 0 Å². The Hall–Kier alpha value is -1.14. The van der Waals surface area contributed by atoms with Gasteiger partial charge in [0.1, 0.15) is 18.0 Å². The summed E-state index contributed by atoms with van der Waals surface area (Å²) in [6.07, 6.45) is -0.118. The zero-order valence-electron chi connectivity index (χ0n) is 12.0. The van der Waals surface area contributed by atoms with Crippen molar-refractivity contribution in [2.75, 3.05) is 26.9 Å². The molecule has 1 aromatic carbocycles. The molecule has 112 valence electrons. The number of hydrogen-bond acceptors (Lipinski definition) is 5. The predicted molar refractivity (Wildman–Crippen MR) is 73.7 cm³/mol. The summed E-state index contributed by atoms with van der Waals surface area (Å²) >= 11 is 0. The molecule has 1 saturated heterocycles. The van der Waals surface area contributed by atoms with Gasteiger partial charge in [0.15, 0.2) is 6.29 Å². The topological polar surface area (TPSA) is 57.2 Å². The average Bonchev–Trinajstić information content (AvgIpc) is 2.52. The number of hydrogen-bond donors (Lipinski definition) is 1. The first-order valence-corrected chi connectivity index (χ1v) is 6.92. The molecule has 1 fully saturated rings. The fourth-order valence-corrected chi connectivity index (χ4v) is 2.10. The first-order valence-electron chi connectivity index (χ1n) is 6.92. The summed E-state index contributed by atoms with van der Waals surface area (Å²) in [6, 6.07) is 7.50. The number of methoxy groups -OCH3 is 1. The van der Waals surface area contributed by atoms with Gasteiger partial charge in [-0.3, -0.25) is 0 Å². The van der Waals surface area contributed by atoms with Gasteiger partial charge in [-0.25, -0.2) is 0 Å². The van der Waals surface area contributed by atoms with Crippen molar-refractivity contribution in [2.24, 2.45) is 0 Å². The molecule has 0 aromatic heterocycles. The second kappa shape index (κ2) is 7.59. The molecule has 1 aliphatic rings. The van der Waals surface area contributed by atoms with E-state index in [9.17, 15) is 5.11 Å². The first-order chi connectivity index (χ1) is 9.78. The molecule has 0 bridgehead atoms. The highest BCUT2D eigenvalue weighted by Crippen LogP contribution is 2.28. The Balaban J connectivity index is 1.97. The van der Waals surface area contributed by atoms with Gasteiger partial charge in [-0.2, -0.15) is 0 Å². The SMILES string of the molecule is CCCO[C@@H]1CO[C@@H](c2ccc(OC)cc2)O[C@@H]1CO. The second-order valence-electron chi connectivity index (χ2n) is 4.70. The van der Waals surface area contributed by atoms with Crippen molar-refractivity contribution in [1.82, 2.24) is 0 Å². The van der Waals surface area contributed by atoms with Crippen molar-refractivity contribution in [3.05, 3.63) is 29.8 Å². The molecule has 1 aromatic rings. The third-order valence-corrected chi connectivity index (χ3v) is 3.23. The number of rotatable bonds is 6. The van der Waals surface area contributed by atoms with Crippen molar-refractivity contribution in [3.63, 3.8) is 0 Å². The van der Waals surface area contributed by atoms with Crippen LogP contribution in [0.15, 0.2) is 24.3 Å². The van der Waals surface area contributed by atoms with E-state index < -0.39 is 6.29 Å². The molecular weight excluding hydrogens is 260 g/mol. The number of aliphatic hydroxyl groups excluding tert-OH is 1. The van der Waals surface area contributed by atoms with E-state index in [1.54, 1.807) is 7.11 Å². The highest BCUT2D eigenvalue weighted by atomic mass is 16.7. The lowest BCUT2D eigenvalue weighted by atomic mass is 10.1. The molecule has 0 radical (unpaired) electrons. The van der Waals surface area contributed by atoms with E-state index in [0.29, 0.717) is 13.2 Å². The van der Waals surface area contributed by atoms with Crippen molar-refractivity contribution in [1.29, 1.82) is 0 Å². The Morgan fingerprint density at radius 1 is 1.30 bits per heavy atom. The summed E-state index contributed by atoms with van der Waals surface area (Å²) in [6.45, 7) is 3.02. The molecule has 5 nitrogen and oxygen atoms in total. The minimum absolute atomic E-state index is 0.0790. The molecule has 1 heterocycles. The smallest absolute Gasteiger partial charge is 0.184 e. The number of benzene rings is 1. The first kappa shape index (κ1) is 15.3. The fourth-order valence-electron chi connectivity index (χ4n) is 2.10. The number of ether oxygens (including phenoxy) is 4. The van der Waals surface area contributed by atoms with E-state index in [4.69, 9.17) is 18.9 Å². The summed E-state index contributed by atoms with van der Waals surface area (Å²) in [5, 5.41) is 9.43. The highest BCUT2D eigenvalue weighted by molar-refractivity contribution is 5.28. The second-order valence-corrected chi connectivity index (χ2v) is 4.70. The minimum Gasteiger partial charge on any atom is -0.497 e. The van der Waals surface area contributed by atoms with Crippen LogP contribution in [0.25, 0.3) is 0 Å². The van der Waals surface area contributed by atoms with E-state index in [0.717, 1.165) is 17.7 Å². The Labute approximate surface area is 119 Å². The maximum atomic E-state index is 9.43. The van der Waals surface area contributed by atoms with E-state index in [2.05, 4.69) is 0 Å². The quantitative estimate of drug-likeness (QED) is 0.863. The predicted octanol–water partition coefficient (Wildman–Crippen LogP) is 1.90. The summed E-state index contributed by atoms with van der Waals surface area (Å²) < 4.78 is 22.2. The molecular formula is C15H22O5. The fraction of sp³-hybridized carbons (Fsp3) is 0.600. The number of aliphatic hydroxyl groups is 1.